The number of rotatable bonds is 8. The summed E-state index contributed by atoms with van der Waals surface area (Å²) in [6, 6.07) is 17.5. The number of benzene rings is 2. The molecule has 4 atom stereocenters. The lowest BCUT2D eigenvalue weighted by Gasteiger charge is -2.18. The minimum atomic E-state index is -0.515. The number of carbonyl (C=O) groups is 2. The minimum Gasteiger partial charge on any atom is -0.394 e. The van der Waals surface area contributed by atoms with Gasteiger partial charge in [0.05, 0.1) is 37.1 Å². The van der Waals surface area contributed by atoms with Gasteiger partial charge in [-0.15, -0.1) is 0 Å². The molecule has 0 unspecified atom stereocenters. The summed E-state index contributed by atoms with van der Waals surface area (Å²) in [5.74, 6) is -1.48. The van der Waals surface area contributed by atoms with E-state index in [1.54, 1.807) is 0 Å². The van der Waals surface area contributed by atoms with Crippen LogP contribution in [0.15, 0.2) is 60.7 Å². The van der Waals surface area contributed by atoms with Crippen LogP contribution in [0.5, 0.6) is 0 Å². The van der Waals surface area contributed by atoms with E-state index >= 15 is 0 Å². The lowest BCUT2D eigenvalue weighted by Crippen LogP contribution is -2.35. The molecular weight excluding hydrogens is 368 g/mol. The number of nitrogens with one attached hydrogen (secondary N) is 2. The highest BCUT2D eigenvalue weighted by Crippen LogP contribution is 2.58. The van der Waals surface area contributed by atoms with Crippen molar-refractivity contribution >= 4 is 11.8 Å². The molecule has 6 heteroatoms. The molecule has 0 saturated heterocycles. The van der Waals surface area contributed by atoms with E-state index in [9.17, 15) is 19.8 Å². The molecule has 3 rings (SSSR count). The summed E-state index contributed by atoms with van der Waals surface area (Å²) in [7, 11) is 0. The Hall–Kier alpha value is -2.70. The maximum atomic E-state index is 12.9. The minimum absolute atomic E-state index is 0.222. The first kappa shape index (κ1) is 21.0. The second kappa shape index (κ2) is 8.76. The van der Waals surface area contributed by atoms with Gasteiger partial charge in [0.1, 0.15) is 0 Å². The van der Waals surface area contributed by atoms with Crippen molar-refractivity contribution in [2.24, 2.45) is 17.3 Å². The SMILES string of the molecule is CC1(C)[C@H](C(=O)N[C@H](CO)c2ccccc2)[C@@H]1C(=O)N[C@H](CO)c1ccccc1. The lowest BCUT2D eigenvalue weighted by atomic mass is 10.1. The van der Waals surface area contributed by atoms with E-state index < -0.39 is 29.3 Å². The molecule has 0 radical (unpaired) electrons. The average molecular weight is 396 g/mol. The predicted octanol–water partition coefficient (Wildman–Crippen LogP) is 1.96. The summed E-state index contributed by atoms with van der Waals surface area (Å²) in [4.78, 5) is 25.7. The fourth-order valence-electron chi connectivity index (χ4n) is 3.98. The Labute approximate surface area is 171 Å². The van der Waals surface area contributed by atoms with E-state index in [1.165, 1.54) is 0 Å². The van der Waals surface area contributed by atoms with Crippen molar-refractivity contribution < 1.29 is 19.8 Å². The molecule has 2 aromatic carbocycles. The first-order valence-corrected chi connectivity index (χ1v) is 9.82. The second-order valence-electron chi connectivity index (χ2n) is 8.09. The summed E-state index contributed by atoms with van der Waals surface area (Å²) in [6.07, 6.45) is 0. The maximum absolute atomic E-state index is 12.9. The Morgan fingerprint density at radius 3 is 1.45 bits per heavy atom. The third-order valence-corrected chi connectivity index (χ3v) is 5.79. The second-order valence-corrected chi connectivity index (χ2v) is 8.09. The topological polar surface area (TPSA) is 98.7 Å². The number of hydrogen-bond donors (Lipinski definition) is 4. The molecule has 1 saturated carbocycles. The van der Waals surface area contributed by atoms with Gasteiger partial charge in [0.15, 0.2) is 0 Å². The van der Waals surface area contributed by atoms with Gasteiger partial charge in [-0.25, -0.2) is 0 Å². The van der Waals surface area contributed by atoms with Gasteiger partial charge in [-0.1, -0.05) is 74.5 Å². The van der Waals surface area contributed by atoms with E-state index in [4.69, 9.17) is 0 Å². The van der Waals surface area contributed by atoms with Gasteiger partial charge in [0.25, 0.3) is 0 Å². The summed E-state index contributed by atoms with van der Waals surface area (Å²) >= 11 is 0. The zero-order valence-electron chi connectivity index (χ0n) is 16.7. The van der Waals surface area contributed by atoms with E-state index in [1.807, 2.05) is 74.5 Å². The molecule has 1 aliphatic rings. The largest absolute Gasteiger partial charge is 0.394 e. The highest BCUT2D eigenvalue weighted by Gasteiger charge is 2.65. The smallest absolute Gasteiger partial charge is 0.225 e. The fraction of sp³-hybridized carbons (Fsp3) is 0.391. The Morgan fingerprint density at radius 1 is 0.793 bits per heavy atom. The number of carbonyl (C=O) groups excluding carboxylic acids is 2. The van der Waals surface area contributed by atoms with Crippen molar-refractivity contribution in [2.45, 2.75) is 25.9 Å². The summed E-state index contributed by atoms with van der Waals surface area (Å²) in [6.45, 7) is 3.32. The molecule has 0 aliphatic heterocycles. The van der Waals surface area contributed by atoms with Crippen molar-refractivity contribution in [3.63, 3.8) is 0 Å². The van der Waals surface area contributed by atoms with Gasteiger partial charge in [0.2, 0.25) is 11.8 Å². The van der Waals surface area contributed by atoms with Crippen LogP contribution in [0.25, 0.3) is 0 Å². The molecule has 2 amide bonds. The first-order valence-electron chi connectivity index (χ1n) is 9.82. The Bertz CT molecular complexity index is 769. The van der Waals surface area contributed by atoms with Gasteiger partial charge in [0, 0.05) is 0 Å². The van der Waals surface area contributed by atoms with Crippen LogP contribution in [0, 0.1) is 17.3 Å². The average Bonchev–Trinajstić information content (AvgIpc) is 3.33. The normalized spacial score (nSPS) is 21.7. The van der Waals surface area contributed by atoms with Crippen LogP contribution in [0.2, 0.25) is 0 Å². The number of aliphatic hydroxyl groups is 2. The molecule has 0 aromatic heterocycles. The standard InChI is InChI=1S/C23H28N2O4/c1-23(2)19(21(28)24-17(13-26)15-9-5-3-6-10-15)20(23)22(29)25-18(14-27)16-11-7-4-8-12-16/h3-12,17-20,26-27H,13-14H2,1-2H3,(H,24,28)(H,25,29)/t17-,18-,19-,20+/m1/s1. The molecule has 0 bridgehead atoms. The zero-order chi connectivity index (χ0) is 21.0. The van der Waals surface area contributed by atoms with Gasteiger partial charge >= 0.3 is 0 Å². The van der Waals surface area contributed by atoms with E-state index in [2.05, 4.69) is 10.6 Å². The van der Waals surface area contributed by atoms with Gasteiger partial charge in [-0.05, 0) is 16.5 Å². The third kappa shape index (κ3) is 4.49. The van der Waals surface area contributed by atoms with E-state index in [0.717, 1.165) is 11.1 Å². The third-order valence-electron chi connectivity index (χ3n) is 5.79. The van der Waals surface area contributed by atoms with Crippen molar-refractivity contribution in [3.05, 3.63) is 71.8 Å². The van der Waals surface area contributed by atoms with Crippen LogP contribution in [-0.2, 0) is 9.59 Å². The molecule has 154 valence electrons. The first-order chi connectivity index (χ1) is 13.9. The zero-order valence-corrected chi connectivity index (χ0v) is 16.7. The molecule has 0 spiro atoms. The molecular formula is C23H28N2O4. The highest BCUT2D eigenvalue weighted by atomic mass is 16.3. The van der Waals surface area contributed by atoms with E-state index in [-0.39, 0.29) is 25.0 Å². The van der Waals surface area contributed by atoms with Crippen molar-refractivity contribution in [2.75, 3.05) is 13.2 Å². The summed E-state index contributed by atoms with van der Waals surface area (Å²) in [5, 5.41) is 25.1. The Morgan fingerprint density at radius 2 is 1.14 bits per heavy atom. The fourth-order valence-corrected chi connectivity index (χ4v) is 3.98. The van der Waals surface area contributed by atoms with Gasteiger partial charge in [-0.3, -0.25) is 9.59 Å². The molecule has 1 fully saturated rings. The van der Waals surface area contributed by atoms with Gasteiger partial charge in [-0.2, -0.15) is 0 Å². The maximum Gasteiger partial charge on any atom is 0.225 e. The Kier molecular flexibility index (Phi) is 6.35. The van der Waals surface area contributed by atoms with Crippen LogP contribution in [0.1, 0.15) is 37.1 Å². The number of amides is 2. The van der Waals surface area contributed by atoms with Crippen LogP contribution >= 0.6 is 0 Å². The summed E-state index contributed by atoms with van der Waals surface area (Å²) < 4.78 is 0. The Balaban J connectivity index is 1.66. The highest BCUT2D eigenvalue weighted by molar-refractivity contribution is 5.94. The van der Waals surface area contributed by atoms with Gasteiger partial charge < -0.3 is 20.8 Å². The monoisotopic (exact) mass is 396 g/mol. The predicted molar refractivity (Wildman–Crippen MR) is 110 cm³/mol. The van der Waals surface area contributed by atoms with Crippen LogP contribution < -0.4 is 10.6 Å². The van der Waals surface area contributed by atoms with Crippen molar-refractivity contribution in [3.8, 4) is 0 Å². The van der Waals surface area contributed by atoms with Crippen molar-refractivity contribution in [1.82, 2.24) is 10.6 Å². The number of hydrogen-bond acceptors (Lipinski definition) is 4. The van der Waals surface area contributed by atoms with Crippen molar-refractivity contribution in [1.29, 1.82) is 0 Å². The number of aliphatic hydroxyl groups excluding tert-OH is 2. The molecule has 6 nitrogen and oxygen atoms in total. The van der Waals surface area contributed by atoms with Crippen LogP contribution in [-0.4, -0.2) is 35.2 Å². The molecule has 0 heterocycles. The van der Waals surface area contributed by atoms with Crippen LogP contribution in [0.4, 0.5) is 0 Å². The lowest BCUT2D eigenvalue weighted by molar-refractivity contribution is -0.128. The molecule has 1 aliphatic carbocycles. The molecule has 2 aromatic rings. The van der Waals surface area contributed by atoms with Crippen LogP contribution in [0.3, 0.4) is 0 Å². The summed E-state index contributed by atoms with van der Waals surface area (Å²) in [5.41, 5.74) is 1.13. The quantitative estimate of drug-likeness (QED) is 0.548. The van der Waals surface area contributed by atoms with E-state index in [0.29, 0.717) is 0 Å². The molecule has 29 heavy (non-hydrogen) atoms. The molecule has 4 N–H and O–H groups in total.